The van der Waals surface area contributed by atoms with Crippen molar-refractivity contribution in [3.05, 3.63) is 23.3 Å². The summed E-state index contributed by atoms with van der Waals surface area (Å²) in [5.41, 5.74) is 0.350. The molecule has 3 fully saturated rings. The van der Waals surface area contributed by atoms with Crippen LogP contribution in [0, 0.1) is 11.3 Å². The number of nitrogens with zero attached hydrogens (tertiary/aromatic N) is 1. The maximum absolute atomic E-state index is 12.9. The molecule has 0 aromatic heterocycles. The zero-order chi connectivity index (χ0) is 26.5. The van der Waals surface area contributed by atoms with Crippen LogP contribution in [-0.2, 0) is 31.0 Å². The van der Waals surface area contributed by atoms with Crippen molar-refractivity contribution in [3.8, 4) is 11.5 Å². The number of hydrogen-bond acceptors (Lipinski definition) is 8. The van der Waals surface area contributed by atoms with Crippen molar-refractivity contribution in [2.24, 2.45) is 11.3 Å². The molecule has 1 aromatic rings. The van der Waals surface area contributed by atoms with E-state index in [9.17, 15) is 24.6 Å². The summed E-state index contributed by atoms with van der Waals surface area (Å²) in [7, 11) is 3.64. The Morgan fingerprint density at radius 2 is 2.03 bits per heavy atom. The topological polar surface area (TPSA) is 135 Å². The molecule has 3 aliphatic carbocycles. The lowest BCUT2D eigenvalue weighted by Gasteiger charge is -2.81. The molecule has 7 unspecified atom stereocenters. The third-order valence-corrected chi connectivity index (χ3v) is 9.65. The van der Waals surface area contributed by atoms with Gasteiger partial charge in [0.25, 0.3) is 0 Å². The molecule has 200 valence electrons. The van der Waals surface area contributed by atoms with Crippen LogP contribution < -0.4 is 14.8 Å². The average molecular weight is 515 g/mol. The van der Waals surface area contributed by atoms with Gasteiger partial charge in [-0.2, -0.15) is 0 Å². The summed E-state index contributed by atoms with van der Waals surface area (Å²) in [6, 6.07) is 2.98. The van der Waals surface area contributed by atoms with Crippen LogP contribution in [0.3, 0.4) is 0 Å². The van der Waals surface area contributed by atoms with E-state index in [1.54, 1.807) is 21.0 Å². The molecule has 2 spiro atoms. The number of carbonyl (C=O) groups is 3. The van der Waals surface area contributed by atoms with Gasteiger partial charge in [0.2, 0.25) is 5.91 Å². The summed E-state index contributed by atoms with van der Waals surface area (Å²) in [5, 5.41) is 23.9. The van der Waals surface area contributed by atoms with Crippen LogP contribution in [-0.4, -0.2) is 83.6 Å². The van der Waals surface area contributed by atoms with Gasteiger partial charge in [-0.1, -0.05) is 19.9 Å². The molecular formula is C27H34N2O8. The summed E-state index contributed by atoms with van der Waals surface area (Å²) in [6.07, 6.45) is 0.308. The van der Waals surface area contributed by atoms with Crippen molar-refractivity contribution >= 4 is 17.8 Å². The number of nitrogens with one attached hydrogen (secondary N) is 1. The fourth-order valence-electron chi connectivity index (χ4n) is 8.64. The zero-order valence-corrected chi connectivity index (χ0v) is 21.6. The maximum Gasteiger partial charge on any atom is 0.326 e. The van der Waals surface area contributed by atoms with Crippen molar-refractivity contribution in [1.29, 1.82) is 0 Å². The standard InChI is InChI=1S/C27H34N2O8/c1-13(2)20(23(32)33)28-17(30)7-8-18(31)36-16-9-10-26(34)24-25(12-29(24)3)11-14-5-6-15(35-4)21-19(14)27(25,26)22(16)37-21/h5-6,13,16,20,22,24,34H,7-12H2,1-4H3,(H,28,30)(H,32,33). The molecule has 2 aliphatic heterocycles. The summed E-state index contributed by atoms with van der Waals surface area (Å²) in [5.74, 6) is -1.20. The van der Waals surface area contributed by atoms with Crippen LogP contribution in [0.15, 0.2) is 12.1 Å². The van der Waals surface area contributed by atoms with E-state index in [-0.39, 0.29) is 30.2 Å². The number of aliphatic carboxylic acids is 1. The number of ether oxygens (including phenoxy) is 3. The van der Waals surface area contributed by atoms with Gasteiger partial charge in [0.1, 0.15) is 18.2 Å². The number of benzene rings is 1. The minimum atomic E-state index is -1.11. The monoisotopic (exact) mass is 514 g/mol. The Bertz CT molecular complexity index is 1190. The number of likely N-dealkylation sites (tertiary alicyclic amines) is 1. The number of rotatable bonds is 8. The highest BCUT2D eigenvalue weighted by molar-refractivity contribution is 5.86. The quantitative estimate of drug-likeness (QED) is 0.435. The lowest BCUT2D eigenvalue weighted by Crippen LogP contribution is -2.96. The van der Waals surface area contributed by atoms with E-state index in [1.807, 2.05) is 13.1 Å². The minimum Gasteiger partial charge on any atom is -0.493 e. The predicted molar refractivity (Wildman–Crippen MR) is 129 cm³/mol. The number of carboxylic acid groups (broad SMARTS) is 1. The smallest absolute Gasteiger partial charge is 0.326 e. The van der Waals surface area contributed by atoms with Gasteiger partial charge in [0.05, 0.1) is 24.5 Å². The lowest BCUT2D eigenvalue weighted by molar-refractivity contribution is -0.366. The molecule has 1 amide bonds. The van der Waals surface area contributed by atoms with Crippen molar-refractivity contribution in [2.45, 2.75) is 81.3 Å². The molecule has 1 saturated heterocycles. The summed E-state index contributed by atoms with van der Waals surface area (Å²) < 4.78 is 18.1. The maximum atomic E-state index is 12.9. The van der Waals surface area contributed by atoms with Crippen molar-refractivity contribution in [3.63, 3.8) is 0 Å². The second-order valence-corrected chi connectivity index (χ2v) is 11.7. The average Bonchev–Trinajstić information content (AvgIpc) is 3.34. The number of piperidine rings is 1. The second kappa shape index (κ2) is 7.83. The van der Waals surface area contributed by atoms with E-state index in [1.165, 1.54) is 0 Å². The van der Waals surface area contributed by atoms with E-state index in [2.05, 4.69) is 16.3 Å². The highest BCUT2D eigenvalue weighted by Gasteiger charge is 2.93. The van der Waals surface area contributed by atoms with E-state index >= 15 is 0 Å². The van der Waals surface area contributed by atoms with Gasteiger partial charge in [0, 0.05) is 30.0 Å². The Morgan fingerprint density at radius 3 is 2.68 bits per heavy atom. The van der Waals surface area contributed by atoms with E-state index in [0.717, 1.165) is 24.1 Å². The Balaban J connectivity index is 1.22. The van der Waals surface area contributed by atoms with Crippen molar-refractivity contribution in [1.82, 2.24) is 10.2 Å². The number of methoxy groups -OCH3 is 1. The van der Waals surface area contributed by atoms with E-state index in [0.29, 0.717) is 24.3 Å². The van der Waals surface area contributed by atoms with Crippen LogP contribution in [0.25, 0.3) is 0 Å². The highest BCUT2D eigenvalue weighted by Crippen LogP contribution is 2.82. The zero-order valence-electron chi connectivity index (χ0n) is 21.6. The van der Waals surface area contributed by atoms with Crippen molar-refractivity contribution in [2.75, 3.05) is 20.7 Å². The molecule has 37 heavy (non-hydrogen) atoms. The predicted octanol–water partition coefficient (Wildman–Crippen LogP) is 1.01. The van der Waals surface area contributed by atoms with Crippen LogP contribution in [0.4, 0.5) is 0 Å². The number of aliphatic hydroxyl groups is 1. The first-order valence-corrected chi connectivity index (χ1v) is 13.0. The molecule has 10 nitrogen and oxygen atoms in total. The third-order valence-electron chi connectivity index (χ3n) is 9.65. The van der Waals surface area contributed by atoms with Crippen LogP contribution in [0.2, 0.25) is 0 Å². The fraction of sp³-hybridized carbons (Fsp3) is 0.667. The first-order chi connectivity index (χ1) is 17.5. The number of hydrogen-bond donors (Lipinski definition) is 3. The Hall–Kier alpha value is -2.85. The normalized spacial score (nSPS) is 36.8. The summed E-state index contributed by atoms with van der Waals surface area (Å²) >= 11 is 0. The molecule has 5 aliphatic rings. The van der Waals surface area contributed by atoms with Gasteiger partial charge in [0.15, 0.2) is 11.5 Å². The Kier molecular flexibility index (Phi) is 5.18. The molecule has 0 radical (unpaired) electrons. The molecular weight excluding hydrogens is 480 g/mol. The minimum absolute atomic E-state index is 0.0268. The SMILES string of the molecule is COc1ccc2c3c1OC1C(OC(=O)CCC(=O)NC(C(=O)O)C(C)C)CCC4(O)C5N(C)CC5(C2)C314. The van der Waals surface area contributed by atoms with Gasteiger partial charge in [-0.3, -0.25) is 14.5 Å². The van der Waals surface area contributed by atoms with Gasteiger partial charge in [-0.05, 0) is 43.9 Å². The molecule has 6 rings (SSSR count). The number of likely N-dealkylation sites (N-methyl/N-ethyl adjacent to an activating group) is 1. The largest absolute Gasteiger partial charge is 0.493 e. The highest BCUT2D eigenvalue weighted by atomic mass is 16.6. The molecule has 2 saturated carbocycles. The van der Waals surface area contributed by atoms with Gasteiger partial charge >= 0.3 is 11.9 Å². The Morgan fingerprint density at radius 1 is 1.27 bits per heavy atom. The number of amides is 1. The van der Waals surface area contributed by atoms with Gasteiger partial charge < -0.3 is 29.7 Å². The van der Waals surface area contributed by atoms with Crippen LogP contribution in [0.1, 0.15) is 50.7 Å². The van der Waals surface area contributed by atoms with Gasteiger partial charge in [-0.15, -0.1) is 0 Å². The molecule has 1 aromatic carbocycles. The van der Waals surface area contributed by atoms with Crippen LogP contribution in [0.5, 0.6) is 11.5 Å². The molecule has 10 heteroatoms. The second-order valence-electron chi connectivity index (χ2n) is 11.7. The van der Waals surface area contributed by atoms with Gasteiger partial charge in [-0.25, -0.2) is 4.79 Å². The number of fused-ring (bicyclic) bond motifs is 1. The number of carboxylic acids is 1. The summed E-state index contributed by atoms with van der Waals surface area (Å²) in [6.45, 7) is 4.24. The van der Waals surface area contributed by atoms with Crippen molar-refractivity contribution < 1.29 is 38.8 Å². The third kappa shape index (κ3) is 2.80. The Labute approximate surface area is 215 Å². The van der Waals surface area contributed by atoms with E-state index < -0.39 is 47.1 Å². The molecule has 2 heterocycles. The van der Waals surface area contributed by atoms with E-state index in [4.69, 9.17) is 14.2 Å². The molecule has 0 bridgehead atoms. The first-order valence-electron chi connectivity index (χ1n) is 13.0. The number of carbonyl (C=O) groups excluding carboxylic acids is 2. The number of esters is 1. The molecule has 3 N–H and O–H groups in total. The molecule has 7 atom stereocenters. The lowest BCUT2D eigenvalue weighted by atomic mass is 9.30. The fourth-order valence-corrected chi connectivity index (χ4v) is 8.64. The first kappa shape index (κ1) is 24.5. The summed E-state index contributed by atoms with van der Waals surface area (Å²) in [4.78, 5) is 38.8. The van der Waals surface area contributed by atoms with Crippen LogP contribution >= 0.6 is 0 Å².